The first-order chi connectivity index (χ1) is 28.3. The van der Waals surface area contributed by atoms with Crippen molar-refractivity contribution < 1.29 is 33.3 Å². The van der Waals surface area contributed by atoms with Gasteiger partial charge in [0, 0.05) is 69.7 Å². The first-order valence-electron chi connectivity index (χ1n) is 19.6. The van der Waals surface area contributed by atoms with Crippen LogP contribution >= 0.6 is 0 Å². The summed E-state index contributed by atoms with van der Waals surface area (Å²) in [5.41, 5.74) is 2.32. The lowest BCUT2D eigenvalue weighted by Crippen LogP contribution is -2.49. The van der Waals surface area contributed by atoms with Crippen LogP contribution in [-0.2, 0) is 9.47 Å². The van der Waals surface area contributed by atoms with Crippen molar-refractivity contribution in [2.75, 3.05) is 75.4 Å². The minimum atomic E-state index is -0.375. The summed E-state index contributed by atoms with van der Waals surface area (Å²) in [5, 5.41) is 25.0. The quantitative estimate of drug-likeness (QED) is 0.169. The molecule has 3 N–H and O–H groups in total. The Morgan fingerprint density at radius 1 is 0.707 bits per heavy atom. The number of anilines is 2. The number of halogens is 2. The van der Waals surface area contributed by atoms with E-state index in [0.29, 0.717) is 82.4 Å². The molecule has 3 aliphatic heterocycles. The van der Waals surface area contributed by atoms with Gasteiger partial charge in [0.25, 0.3) is 0 Å². The van der Waals surface area contributed by atoms with E-state index in [0.717, 1.165) is 52.0 Å². The summed E-state index contributed by atoms with van der Waals surface area (Å²) in [5.74, 6) is 1.61. The number of hydrogen-bond donors (Lipinski definition) is 3. The number of phenolic OH excluding ortho intramolecular Hbond substituents is 2. The molecule has 2 aromatic heterocycles. The van der Waals surface area contributed by atoms with Crippen molar-refractivity contribution in [1.82, 2.24) is 30.2 Å². The Labute approximate surface area is 333 Å². The van der Waals surface area contributed by atoms with Crippen molar-refractivity contribution in [2.45, 2.75) is 25.4 Å². The maximum Gasteiger partial charge on any atom is 0.409 e. The molecular weight excluding hydrogens is 747 g/mol. The predicted molar refractivity (Wildman–Crippen MR) is 217 cm³/mol. The summed E-state index contributed by atoms with van der Waals surface area (Å²) in [7, 11) is 0. The van der Waals surface area contributed by atoms with Crippen LogP contribution in [-0.4, -0.2) is 113 Å². The second-order valence-corrected chi connectivity index (χ2v) is 14.4. The molecule has 3 aliphatic rings. The molecule has 0 radical (unpaired) electrons. The third-order valence-electron chi connectivity index (χ3n) is 10.5. The van der Waals surface area contributed by atoms with Crippen molar-refractivity contribution >= 4 is 39.5 Å². The molecule has 1 atom stereocenters. The van der Waals surface area contributed by atoms with Gasteiger partial charge in [-0.05, 0) is 79.9 Å². The highest BCUT2D eigenvalue weighted by Gasteiger charge is 2.27. The Morgan fingerprint density at radius 3 is 1.76 bits per heavy atom. The van der Waals surface area contributed by atoms with E-state index < -0.39 is 0 Å². The number of carbonyl (C=O) groups is 1. The van der Waals surface area contributed by atoms with Crippen LogP contribution in [0.5, 0.6) is 11.5 Å². The number of benzene rings is 4. The first kappa shape index (κ1) is 38.7. The zero-order chi connectivity index (χ0) is 40.0. The lowest BCUT2D eigenvalue weighted by Gasteiger charge is -2.35. The maximum absolute atomic E-state index is 14.1. The fraction of sp³-hybridized carbons (Fsp3) is 0.326. The largest absolute Gasteiger partial charge is 0.507 e. The van der Waals surface area contributed by atoms with Crippen LogP contribution < -0.4 is 15.1 Å². The number of nitrogens with zero attached hydrogens (tertiary/aromatic N) is 7. The standard InChI is InChI=1S/C25H27FN4O4.C18H17FN4O/c26-17-8-9-21-20(15-17)24(28-23(27-21)19-6-1-2-7-22(19)31)29-10-12-30(13-11-29)25(32)34-16-18-5-3-4-14-33-18;19-12-5-6-15-14(11-12)18(23-9-7-20-8-10-23)22-17(21-15)13-3-1-2-4-16(13)24/h1-2,6-9,15,18,31H,3-5,10-14,16H2;1-6,11,20,24H,7-10H2. The number of piperazine rings is 2. The second-order valence-electron chi connectivity index (χ2n) is 14.4. The van der Waals surface area contributed by atoms with Crippen molar-refractivity contribution in [3.63, 3.8) is 0 Å². The van der Waals surface area contributed by atoms with Gasteiger partial charge >= 0.3 is 6.09 Å². The average molecular weight is 791 g/mol. The Bertz CT molecular complexity index is 2400. The fourth-order valence-corrected chi connectivity index (χ4v) is 7.39. The lowest BCUT2D eigenvalue weighted by atomic mass is 10.1. The van der Waals surface area contributed by atoms with Crippen molar-refractivity contribution in [3.05, 3.63) is 96.6 Å². The van der Waals surface area contributed by atoms with E-state index in [2.05, 4.69) is 25.2 Å². The van der Waals surface area contributed by atoms with Gasteiger partial charge in [-0.15, -0.1) is 0 Å². The van der Waals surface area contributed by atoms with E-state index in [1.165, 1.54) is 24.3 Å². The summed E-state index contributed by atoms with van der Waals surface area (Å²) in [6, 6.07) is 22.7. The Kier molecular flexibility index (Phi) is 11.7. The van der Waals surface area contributed by atoms with E-state index in [9.17, 15) is 23.8 Å². The van der Waals surface area contributed by atoms with Crippen molar-refractivity contribution in [3.8, 4) is 34.3 Å². The smallest absolute Gasteiger partial charge is 0.409 e. The molecule has 3 fully saturated rings. The van der Waals surface area contributed by atoms with E-state index in [-0.39, 0.29) is 41.9 Å². The number of amides is 1. The molecule has 5 heterocycles. The number of para-hydroxylation sites is 2. The van der Waals surface area contributed by atoms with Gasteiger partial charge in [-0.3, -0.25) is 0 Å². The minimum absolute atomic E-state index is 0.0194. The monoisotopic (exact) mass is 790 g/mol. The highest BCUT2D eigenvalue weighted by atomic mass is 19.1. The number of ether oxygens (including phenoxy) is 2. The molecule has 0 bridgehead atoms. The molecule has 6 aromatic rings. The molecule has 15 heteroatoms. The highest BCUT2D eigenvalue weighted by molar-refractivity contribution is 5.92. The molecule has 1 amide bonds. The summed E-state index contributed by atoms with van der Waals surface area (Å²) < 4.78 is 38.9. The third kappa shape index (κ3) is 8.70. The second kappa shape index (κ2) is 17.5. The Balaban J connectivity index is 0.000000172. The normalized spacial score (nSPS) is 17.2. The van der Waals surface area contributed by atoms with Gasteiger partial charge in [0.05, 0.1) is 28.3 Å². The Hall–Kier alpha value is -6.19. The molecule has 4 aromatic carbocycles. The Morgan fingerprint density at radius 2 is 1.24 bits per heavy atom. The van der Waals surface area contributed by atoms with Gasteiger partial charge in [-0.1, -0.05) is 24.3 Å². The number of carbonyl (C=O) groups excluding carboxylic acids is 1. The molecule has 58 heavy (non-hydrogen) atoms. The van der Waals surface area contributed by atoms with Crippen LogP contribution in [0.4, 0.5) is 25.2 Å². The molecule has 3 saturated heterocycles. The molecule has 1 unspecified atom stereocenters. The van der Waals surface area contributed by atoms with Crippen LogP contribution in [0.15, 0.2) is 84.9 Å². The topological polar surface area (TPSA) is 149 Å². The van der Waals surface area contributed by atoms with Gasteiger partial charge in [0.1, 0.15) is 41.4 Å². The summed E-state index contributed by atoms with van der Waals surface area (Å²) in [6.45, 7) is 6.23. The number of phenols is 2. The first-order valence-corrected chi connectivity index (χ1v) is 19.6. The fourth-order valence-electron chi connectivity index (χ4n) is 7.39. The molecule has 0 saturated carbocycles. The van der Waals surface area contributed by atoms with Gasteiger partial charge in [0.15, 0.2) is 11.6 Å². The molecule has 300 valence electrons. The number of aromatic nitrogens is 4. The number of nitrogens with one attached hydrogen (secondary N) is 1. The van der Waals surface area contributed by atoms with E-state index in [1.807, 2.05) is 11.0 Å². The molecule has 13 nitrogen and oxygen atoms in total. The number of fused-ring (bicyclic) bond motifs is 2. The van der Waals surface area contributed by atoms with Gasteiger partial charge in [0.2, 0.25) is 0 Å². The van der Waals surface area contributed by atoms with Gasteiger partial charge in [-0.2, -0.15) is 0 Å². The lowest BCUT2D eigenvalue weighted by molar-refractivity contribution is -0.0281. The highest BCUT2D eigenvalue weighted by Crippen LogP contribution is 2.34. The molecule has 0 aliphatic carbocycles. The van der Waals surface area contributed by atoms with Crippen LogP contribution in [0.25, 0.3) is 44.6 Å². The third-order valence-corrected chi connectivity index (χ3v) is 10.5. The van der Waals surface area contributed by atoms with Crippen LogP contribution in [0.3, 0.4) is 0 Å². The minimum Gasteiger partial charge on any atom is -0.507 e. The molecular formula is C43H44F2N8O5. The number of rotatable bonds is 6. The van der Waals surface area contributed by atoms with Crippen molar-refractivity contribution in [1.29, 1.82) is 0 Å². The summed E-state index contributed by atoms with van der Waals surface area (Å²) in [4.78, 5) is 36.8. The van der Waals surface area contributed by atoms with Crippen LogP contribution in [0, 0.1) is 11.6 Å². The zero-order valence-electron chi connectivity index (χ0n) is 31.9. The van der Waals surface area contributed by atoms with E-state index >= 15 is 0 Å². The number of aromatic hydroxyl groups is 2. The summed E-state index contributed by atoms with van der Waals surface area (Å²) >= 11 is 0. The molecule has 0 spiro atoms. The van der Waals surface area contributed by atoms with E-state index in [1.54, 1.807) is 59.5 Å². The van der Waals surface area contributed by atoms with Crippen LogP contribution in [0.2, 0.25) is 0 Å². The van der Waals surface area contributed by atoms with Crippen molar-refractivity contribution in [2.24, 2.45) is 0 Å². The maximum atomic E-state index is 14.1. The van der Waals surface area contributed by atoms with Crippen LogP contribution in [0.1, 0.15) is 19.3 Å². The van der Waals surface area contributed by atoms with Gasteiger partial charge in [-0.25, -0.2) is 33.5 Å². The summed E-state index contributed by atoms with van der Waals surface area (Å²) in [6.07, 6.45) is 2.70. The molecule has 9 rings (SSSR count). The SMILES string of the molecule is O=C(OCC1CCCCO1)N1CCN(c2nc(-c3ccccc3O)nc3ccc(F)cc23)CC1.Oc1ccccc1-c1nc(N2CCNCC2)c2cc(F)ccc2n1. The van der Waals surface area contributed by atoms with E-state index in [4.69, 9.17) is 14.5 Å². The average Bonchev–Trinajstić information content (AvgIpc) is 3.26. The number of hydrogen-bond acceptors (Lipinski definition) is 12. The zero-order valence-corrected chi connectivity index (χ0v) is 31.9. The van der Waals surface area contributed by atoms with Gasteiger partial charge < -0.3 is 39.7 Å². The predicted octanol–water partition coefficient (Wildman–Crippen LogP) is 6.52.